The van der Waals surface area contributed by atoms with Gasteiger partial charge in [0.25, 0.3) is 0 Å². The highest BCUT2D eigenvalue weighted by atomic mass is 16.5. The van der Waals surface area contributed by atoms with Gasteiger partial charge in [-0.1, -0.05) is 43.2 Å². The van der Waals surface area contributed by atoms with Crippen LogP contribution >= 0.6 is 0 Å². The number of unbranched alkanes of at least 4 members (excludes halogenated alkanes) is 1. The largest absolute Gasteiger partial charge is 0.493 e. The quantitative estimate of drug-likeness (QED) is 0.393. The SMILES string of the molecule is Cc1cccc(C)c1OCCCCn1c(C(C)N2CCCCCC2)nc2ccccc21. The topological polar surface area (TPSA) is 30.3 Å². The maximum Gasteiger partial charge on any atom is 0.127 e. The Kier molecular flexibility index (Phi) is 7.29. The zero-order valence-electron chi connectivity index (χ0n) is 19.4. The molecule has 4 rings (SSSR count). The molecule has 3 aromatic rings. The lowest BCUT2D eigenvalue weighted by Gasteiger charge is -2.27. The minimum atomic E-state index is 0.358. The van der Waals surface area contributed by atoms with E-state index < -0.39 is 0 Å². The Balaban J connectivity index is 1.43. The van der Waals surface area contributed by atoms with Crippen LogP contribution in [0.2, 0.25) is 0 Å². The van der Waals surface area contributed by atoms with Crippen molar-refractivity contribution in [1.82, 2.24) is 14.5 Å². The van der Waals surface area contributed by atoms with E-state index in [1.165, 1.54) is 61.2 Å². The van der Waals surface area contributed by atoms with Crippen molar-refractivity contribution in [2.24, 2.45) is 0 Å². The third-order valence-corrected chi connectivity index (χ3v) is 6.68. The van der Waals surface area contributed by atoms with Crippen molar-refractivity contribution < 1.29 is 4.74 Å². The Morgan fingerprint density at radius 2 is 1.61 bits per heavy atom. The summed E-state index contributed by atoms with van der Waals surface area (Å²) in [6.45, 7) is 10.7. The molecule has 0 radical (unpaired) electrons. The third-order valence-electron chi connectivity index (χ3n) is 6.68. The minimum absolute atomic E-state index is 0.358. The highest BCUT2D eigenvalue weighted by Crippen LogP contribution is 2.27. The standard InChI is InChI=1S/C27H37N3O/c1-21-13-12-14-22(2)26(21)31-20-11-10-19-30-25-16-7-6-15-24(25)28-27(30)23(3)29-17-8-4-5-9-18-29/h6-7,12-16,23H,4-5,8-11,17-20H2,1-3H3. The zero-order chi connectivity index (χ0) is 21.6. The lowest BCUT2D eigenvalue weighted by atomic mass is 10.1. The Bertz CT molecular complexity index is 965. The Morgan fingerprint density at radius 1 is 0.903 bits per heavy atom. The number of fused-ring (bicyclic) bond motifs is 1. The predicted octanol–water partition coefficient (Wildman–Crippen LogP) is 6.45. The van der Waals surface area contributed by atoms with E-state index in [4.69, 9.17) is 9.72 Å². The monoisotopic (exact) mass is 419 g/mol. The number of aryl methyl sites for hydroxylation is 3. The first-order valence-electron chi connectivity index (χ1n) is 12.0. The summed E-state index contributed by atoms with van der Waals surface area (Å²) in [5.41, 5.74) is 4.81. The van der Waals surface area contributed by atoms with Crippen LogP contribution in [0.3, 0.4) is 0 Å². The van der Waals surface area contributed by atoms with E-state index in [1.807, 2.05) is 0 Å². The van der Waals surface area contributed by atoms with E-state index in [1.54, 1.807) is 0 Å². The number of hydrogen-bond acceptors (Lipinski definition) is 3. The lowest BCUT2D eigenvalue weighted by molar-refractivity contribution is 0.207. The number of imidazole rings is 1. The normalized spacial score (nSPS) is 16.4. The molecule has 1 aliphatic rings. The molecule has 2 heterocycles. The number of ether oxygens (including phenoxy) is 1. The molecule has 4 nitrogen and oxygen atoms in total. The summed E-state index contributed by atoms with van der Waals surface area (Å²) in [6.07, 6.45) is 7.46. The summed E-state index contributed by atoms with van der Waals surface area (Å²) in [7, 11) is 0. The zero-order valence-corrected chi connectivity index (χ0v) is 19.4. The van der Waals surface area contributed by atoms with Crippen molar-refractivity contribution in [3.63, 3.8) is 0 Å². The van der Waals surface area contributed by atoms with E-state index in [2.05, 4.69) is 72.7 Å². The van der Waals surface area contributed by atoms with E-state index in [0.29, 0.717) is 6.04 Å². The van der Waals surface area contributed by atoms with E-state index >= 15 is 0 Å². The summed E-state index contributed by atoms with van der Waals surface area (Å²) < 4.78 is 8.59. The van der Waals surface area contributed by atoms with Crippen molar-refractivity contribution >= 4 is 11.0 Å². The second-order valence-corrected chi connectivity index (χ2v) is 9.01. The number of benzene rings is 2. The highest BCUT2D eigenvalue weighted by molar-refractivity contribution is 5.76. The lowest BCUT2D eigenvalue weighted by Crippen LogP contribution is -2.30. The molecule has 0 spiro atoms. The van der Waals surface area contributed by atoms with E-state index in [9.17, 15) is 0 Å². The molecule has 31 heavy (non-hydrogen) atoms. The van der Waals surface area contributed by atoms with Crippen LogP contribution < -0.4 is 4.74 Å². The molecule has 0 bridgehead atoms. The van der Waals surface area contributed by atoms with Crippen LogP contribution in [-0.2, 0) is 6.54 Å². The van der Waals surface area contributed by atoms with Gasteiger partial charge in [-0.25, -0.2) is 4.98 Å². The first-order valence-corrected chi connectivity index (χ1v) is 12.0. The fraction of sp³-hybridized carbons (Fsp3) is 0.519. The summed E-state index contributed by atoms with van der Waals surface area (Å²) >= 11 is 0. The molecule has 2 aromatic carbocycles. The van der Waals surface area contributed by atoms with Crippen LogP contribution in [0.5, 0.6) is 5.75 Å². The summed E-state index contributed by atoms with van der Waals surface area (Å²) in [6, 6.07) is 15.3. The second kappa shape index (κ2) is 10.3. The molecule has 0 amide bonds. The van der Waals surface area contributed by atoms with Crippen molar-refractivity contribution in [1.29, 1.82) is 0 Å². The minimum Gasteiger partial charge on any atom is -0.493 e. The fourth-order valence-corrected chi connectivity index (χ4v) is 4.87. The average molecular weight is 420 g/mol. The molecule has 0 aliphatic carbocycles. The van der Waals surface area contributed by atoms with Gasteiger partial charge in [0.1, 0.15) is 11.6 Å². The van der Waals surface area contributed by atoms with Gasteiger partial charge in [0.15, 0.2) is 0 Å². The molecule has 1 saturated heterocycles. The molecule has 1 fully saturated rings. The molecule has 1 aliphatic heterocycles. The van der Waals surface area contributed by atoms with Crippen LogP contribution in [0.15, 0.2) is 42.5 Å². The van der Waals surface area contributed by atoms with E-state index in [-0.39, 0.29) is 0 Å². The molecule has 0 N–H and O–H groups in total. The maximum absolute atomic E-state index is 6.13. The summed E-state index contributed by atoms with van der Waals surface area (Å²) in [5, 5.41) is 0. The Labute approximate surface area is 187 Å². The van der Waals surface area contributed by atoms with Gasteiger partial charge in [-0.05, 0) is 82.8 Å². The number of aromatic nitrogens is 2. The smallest absolute Gasteiger partial charge is 0.127 e. The number of likely N-dealkylation sites (tertiary alicyclic amines) is 1. The molecule has 1 aromatic heterocycles. The number of rotatable bonds is 8. The van der Waals surface area contributed by atoms with Crippen LogP contribution in [0.1, 0.15) is 68.4 Å². The van der Waals surface area contributed by atoms with Gasteiger partial charge in [0.05, 0.1) is 23.7 Å². The van der Waals surface area contributed by atoms with Gasteiger partial charge < -0.3 is 9.30 Å². The van der Waals surface area contributed by atoms with Gasteiger partial charge in [-0.2, -0.15) is 0 Å². The average Bonchev–Trinajstić information content (AvgIpc) is 2.94. The summed E-state index contributed by atoms with van der Waals surface area (Å²) in [5.74, 6) is 2.27. The van der Waals surface area contributed by atoms with Crippen molar-refractivity contribution in [2.45, 2.75) is 71.9 Å². The predicted molar refractivity (Wildman–Crippen MR) is 129 cm³/mol. The number of hydrogen-bond donors (Lipinski definition) is 0. The van der Waals surface area contributed by atoms with Crippen molar-refractivity contribution in [3.05, 3.63) is 59.4 Å². The molecule has 1 unspecified atom stereocenters. The first-order chi connectivity index (χ1) is 15.1. The summed E-state index contributed by atoms with van der Waals surface area (Å²) in [4.78, 5) is 7.71. The molecular weight excluding hydrogens is 382 g/mol. The van der Waals surface area contributed by atoms with Gasteiger partial charge in [0.2, 0.25) is 0 Å². The third kappa shape index (κ3) is 5.12. The van der Waals surface area contributed by atoms with Gasteiger partial charge >= 0.3 is 0 Å². The number of nitrogens with zero attached hydrogens (tertiary/aromatic N) is 3. The second-order valence-electron chi connectivity index (χ2n) is 9.01. The van der Waals surface area contributed by atoms with Gasteiger partial charge in [0, 0.05) is 6.54 Å². The van der Waals surface area contributed by atoms with Crippen LogP contribution in [0, 0.1) is 13.8 Å². The highest BCUT2D eigenvalue weighted by Gasteiger charge is 2.23. The molecule has 0 saturated carbocycles. The van der Waals surface area contributed by atoms with Crippen molar-refractivity contribution in [2.75, 3.05) is 19.7 Å². The molecule has 166 valence electrons. The molecule has 1 atom stereocenters. The van der Waals surface area contributed by atoms with Crippen LogP contribution in [0.25, 0.3) is 11.0 Å². The van der Waals surface area contributed by atoms with Crippen LogP contribution in [-0.4, -0.2) is 34.1 Å². The van der Waals surface area contributed by atoms with Gasteiger partial charge in [-0.3, -0.25) is 4.90 Å². The Hall–Kier alpha value is -2.33. The number of para-hydroxylation sites is 3. The van der Waals surface area contributed by atoms with Gasteiger partial charge in [-0.15, -0.1) is 0 Å². The molecular formula is C27H37N3O. The first kappa shape index (κ1) is 21.9. The maximum atomic E-state index is 6.13. The van der Waals surface area contributed by atoms with Crippen molar-refractivity contribution in [3.8, 4) is 5.75 Å². The van der Waals surface area contributed by atoms with E-state index in [0.717, 1.165) is 37.3 Å². The van der Waals surface area contributed by atoms with Crippen LogP contribution in [0.4, 0.5) is 0 Å². The Morgan fingerprint density at radius 3 is 2.35 bits per heavy atom. The molecule has 4 heteroatoms. The fourth-order valence-electron chi connectivity index (χ4n) is 4.87.